The summed E-state index contributed by atoms with van der Waals surface area (Å²) in [5, 5.41) is 0. The summed E-state index contributed by atoms with van der Waals surface area (Å²) in [6.45, 7) is 3.17. The smallest absolute Gasteiger partial charge is 0.243 e. The van der Waals surface area contributed by atoms with Gasteiger partial charge in [0, 0.05) is 36.8 Å². The molecule has 2 atom stereocenters. The van der Waals surface area contributed by atoms with E-state index in [0.29, 0.717) is 19.0 Å². The van der Waals surface area contributed by atoms with Crippen molar-refractivity contribution in [1.29, 1.82) is 0 Å². The number of nitrogens with one attached hydrogen (secondary N) is 4. The lowest BCUT2D eigenvalue weighted by Crippen LogP contribution is -2.50. The Morgan fingerprint density at radius 1 is 1.36 bits per heavy atom. The van der Waals surface area contributed by atoms with Crippen LogP contribution in [0, 0.1) is 0 Å². The number of ether oxygens (including phenoxy) is 1. The molecule has 2 unspecified atom stereocenters. The Bertz CT molecular complexity index is 773. The molecule has 2 aliphatic rings. The summed E-state index contributed by atoms with van der Waals surface area (Å²) in [7, 11) is 1.59. The van der Waals surface area contributed by atoms with Gasteiger partial charge in [-0.2, -0.15) is 5.53 Å². The van der Waals surface area contributed by atoms with Gasteiger partial charge in [0.1, 0.15) is 11.9 Å². The number of rotatable bonds is 3. The summed E-state index contributed by atoms with van der Waals surface area (Å²) >= 11 is 0. The number of amides is 1. The minimum atomic E-state index is -0.269. The Morgan fingerprint density at radius 2 is 2.24 bits per heavy atom. The van der Waals surface area contributed by atoms with Crippen LogP contribution >= 0.6 is 0 Å². The number of hydrogen-bond donors (Lipinski definition) is 4. The van der Waals surface area contributed by atoms with E-state index in [0.717, 1.165) is 29.2 Å². The summed E-state index contributed by atoms with van der Waals surface area (Å²) in [6.07, 6.45) is 2.47. The van der Waals surface area contributed by atoms with Crippen LogP contribution in [0.1, 0.15) is 18.3 Å². The van der Waals surface area contributed by atoms with Crippen molar-refractivity contribution in [3.63, 3.8) is 0 Å². The zero-order valence-corrected chi connectivity index (χ0v) is 14.2. The normalized spacial score (nSPS) is 22.7. The SMILES string of the molecule is COc1ccc(-c2nc3c([nH]2)CN(C(=O)C2NNNC2C)CC3)cn1. The Kier molecular flexibility index (Phi) is 4.12. The monoisotopic (exact) mass is 343 g/mol. The van der Waals surface area contributed by atoms with Crippen LogP contribution in [0.25, 0.3) is 11.4 Å². The molecule has 0 bridgehead atoms. The van der Waals surface area contributed by atoms with Gasteiger partial charge in [-0.3, -0.25) is 4.79 Å². The first-order chi connectivity index (χ1) is 12.2. The summed E-state index contributed by atoms with van der Waals surface area (Å²) in [4.78, 5) is 26.8. The zero-order chi connectivity index (χ0) is 17.4. The van der Waals surface area contributed by atoms with Crippen LogP contribution in [0.5, 0.6) is 5.88 Å². The van der Waals surface area contributed by atoms with Gasteiger partial charge in [0.15, 0.2) is 0 Å². The number of fused-ring (bicyclic) bond motifs is 1. The number of hydrogen-bond acceptors (Lipinski definition) is 7. The van der Waals surface area contributed by atoms with E-state index < -0.39 is 0 Å². The number of imidazole rings is 1. The molecular weight excluding hydrogens is 322 g/mol. The van der Waals surface area contributed by atoms with Crippen molar-refractivity contribution in [2.45, 2.75) is 32.0 Å². The van der Waals surface area contributed by atoms with Crippen molar-refractivity contribution in [3.8, 4) is 17.3 Å². The molecule has 0 aromatic carbocycles. The maximum atomic E-state index is 12.7. The highest BCUT2D eigenvalue weighted by atomic mass is 16.5. The minimum Gasteiger partial charge on any atom is -0.481 e. The van der Waals surface area contributed by atoms with Gasteiger partial charge in [-0.1, -0.05) is 0 Å². The van der Waals surface area contributed by atoms with Crippen molar-refractivity contribution in [2.75, 3.05) is 13.7 Å². The zero-order valence-electron chi connectivity index (χ0n) is 14.2. The average molecular weight is 343 g/mol. The van der Waals surface area contributed by atoms with E-state index in [1.807, 2.05) is 17.9 Å². The first-order valence-electron chi connectivity index (χ1n) is 8.28. The lowest BCUT2D eigenvalue weighted by molar-refractivity contribution is -0.134. The molecule has 132 valence electrons. The highest BCUT2D eigenvalue weighted by molar-refractivity contribution is 5.83. The third kappa shape index (κ3) is 2.97. The minimum absolute atomic E-state index is 0.0385. The molecule has 4 heterocycles. The van der Waals surface area contributed by atoms with Gasteiger partial charge in [0.05, 0.1) is 25.0 Å². The Labute approximate surface area is 145 Å². The molecule has 9 heteroatoms. The van der Waals surface area contributed by atoms with Gasteiger partial charge in [0.25, 0.3) is 0 Å². The summed E-state index contributed by atoms with van der Waals surface area (Å²) < 4.78 is 5.08. The Balaban J connectivity index is 1.51. The Morgan fingerprint density at radius 3 is 2.92 bits per heavy atom. The third-order valence-corrected chi connectivity index (χ3v) is 4.66. The van der Waals surface area contributed by atoms with Crippen LogP contribution in [0.2, 0.25) is 0 Å². The number of nitrogens with zero attached hydrogens (tertiary/aromatic N) is 3. The van der Waals surface area contributed by atoms with Gasteiger partial charge >= 0.3 is 0 Å². The van der Waals surface area contributed by atoms with Crippen molar-refractivity contribution in [1.82, 2.24) is 36.2 Å². The summed E-state index contributed by atoms with van der Waals surface area (Å²) in [5.74, 6) is 1.42. The number of methoxy groups -OCH3 is 1. The second kappa shape index (κ2) is 6.43. The Hall–Kier alpha value is -2.49. The molecule has 0 spiro atoms. The predicted octanol–water partition coefficient (Wildman–Crippen LogP) is -0.265. The molecule has 1 saturated heterocycles. The molecule has 4 N–H and O–H groups in total. The summed E-state index contributed by atoms with van der Waals surface area (Å²) in [6, 6.07) is 3.49. The lowest BCUT2D eigenvalue weighted by atomic mass is 10.1. The maximum absolute atomic E-state index is 12.7. The van der Waals surface area contributed by atoms with Crippen LogP contribution in [-0.2, 0) is 17.8 Å². The molecule has 0 radical (unpaired) electrons. The number of carbonyl (C=O) groups is 1. The van der Waals surface area contributed by atoms with Crippen LogP contribution in [0.15, 0.2) is 18.3 Å². The van der Waals surface area contributed by atoms with Crippen molar-refractivity contribution in [3.05, 3.63) is 29.7 Å². The lowest BCUT2D eigenvalue weighted by Gasteiger charge is -2.29. The third-order valence-electron chi connectivity index (χ3n) is 4.66. The number of aromatic nitrogens is 3. The fourth-order valence-corrected chi connectivity index (χ4v) is 3.17. The number of carbonyl (C=O) groups excluding carboxylic acids is 1. The number of pyridine rings is 1. The molecule has 25 heavy (non-hydrogen) atoms. The van der Waals surface area contributed by atoms with E-state index in [1.54, 1.807) is 19.4 Å². The van der Waals surface area contributed by atoms with Crippen LogP contribution < -0.4 is 21.1 Å². The van der Waals surface area contributed by atoms with Crippen LogP contribution in [-0.4, -0.2) is 51.5 Å². The first-order valence-corrected chi connectivity index (χ1v) is 8.28. The quantitative estimate of drug-likeness (QED) is 0.608. The van der Waals surface area contributed by atoms with E-state index in [-0.39, 0.29) is 18.0 Å². The second-order valence-electron chi connectivity index (χ2n) is 6.29. The van der Waals surface area contributed by atoms with Gasteiger partial charge in [0.2, 0.25) is 11.8 Å². The first kappa shape index (κ1) is 16.0. The van der Waals surface area contributed by atoms with Crippen molar-refractivity contribution < 1.29 is 9.53 Å². The van der Waals surface area contributed by atoms with E-state index >= 15 is 0 Å². The predicted molar refractivity (Wildman–Crippen MR) is 90.1 cm³/mol. The van der Waals surface area contributed by atoms with E-state index in [1.165, 1.54) is 0 Å². The topological polar surface area (TPSA) is 107 Å². The van der Waals surface area contributed by atoms with Gasteiger partial charge in [-0.15, -0.1) is 0 Å². The summed E-state index contributed by atoms with van der Waals surface area (Å²) in [5.41, 5.74) is 11.7. The highest BCUT2D eigenvalue weighted by Gasteiger charge is 2.34. The molecule has 0 aliphatic carbocycles. The van der Waals surface area contributed by atoms with Gasteiger partial charge in [-0.05, 0) is 13.0 Å². The van der Waals surface area contributed by atoms with Gasteiger partial charge < -0.3 is 14.6 Å². The van der Waals surface area contributed by atoms with E-state index in [2.05, 4.69) is 31.3 Å². The molecule has 0 saturated carbocycles. The maximum Gasteiger partial charge on any atom is 0.243 e. The molecule has 2 aromatic heterocycles. The van der Waals surface area contributed by atoms with Crippen molar-refractivity contribution >= 4 is 5.91 Å². The standard InChI is InChI=1S/C16H21N7O2/c1-9-14(21-22-20-9)16(24)23-6-5-11-12(8-23)19-15(18-11)10-3-4-13(25-2)17-7-10/h3-4,7,9,14,20-22H,5-6,8H2,1-2H3,(H,18,19). The average Bonchev–Trinajstić information content (AvgIpc) is 3.26. The number of H-pyrrole nitrogens is 1. The second-order valence-corrected chi connectivity index (χ2v) is 6.29. The number of hydrazine groups is 2. The van der Waals surface area contributed by atoms with E-state index in [9.17, 15) is 4.79 Å². The molecule has 1 fully saturated rings. The molecule has 1 amide bonds. The van der Waals surface area contributed by atoms with E-state index in [4.69, 9.17) is 4.74 Å². The largest absolute Gasteiger partial charge is 0.481 e. The number of aromatic amines is 1. The molecule has 2 aromatic rings. The van der Waals surface area contributed by atoms with Crippen LogP contribution in [0.4, 0.5) is 0 Å². The molecule has 9 nitrogen and oxygen atoms in total. The fourth-order valence-electron chi connectivity index (χ4n) is 3.17. The molecule has 4 rings (SSSR count). The fraction of sp³-hybridized carbons (Fsp3) is 0.438. The molecule has 2 aliphatic heterocycles. The van der Waals surface area contributed by atoms with Crippen LogP contribution in [0.3, 0.4) is 0 Å². The highest BCUT2D eigenvalue weighted by Crippen LogP contribution is 2.24. The molecular formula is C16H21N7O2. The van der Waals surface area contributed by atoms with Gasteiger partial charge in [-0.25, -0.2) is 20.8 Å². The van der Waals surface area contributed by atoms with Crippen molar-refractivity contribution in [2.24, 2.45) is 0 Å².